The average molecular weight is 937 g/mol. The van der Waals surface area contributed by atoms with Gasteiger partial charge in [0.25, 0.3) is 5.78 Å². The number of hydrogen-bond acceptors (Lipinski definition) is 9. The van der Waals surface area contributed by atoms with Gasteiger partial charge in [0.15, 0.2) is 0 Å². The molecular formula is C51H96N6O9. The third-order valence-corrected chi connectivity index (χ3v) is 11.0. The van der Waals surface area contributed by atoms with E-state index in [-0.39, 0.29) is 65.4 Å². The highest BCUT2D eigenvalue weighted by Crippen LogP contribution is 2.29. The average Bonchev–Trinajstić information content (AvgIpc) is 3.15. The van der Waals surface area contributed by atoms with Crippen molar-refractivity contribution in [3.8, 4) is 0 Å². The van der Waals surface area contributed by atoms with Crippen molar-refractivity contribution in [3.05, 3.63) is 0 Å². The van der Waals surface area contributed by atoms with Gasteiger partial charge in [-0.3, -0.25) is 19.2 Å². The summed E-state index contributed by atoms with van der Waals surface area (Å²) in [4.78, 5) is 90.9. The minimum Gasteiger partial charge on any atom is -0.454 e. The van der Waals surface area contributed by atoms with Crippen LogP contribution < -0.4 is 31.9 Å². The predicted molar refractivity (Wildman–Crippen MR) is 264 cm³/mol. The molecule has 6 N–H and O–H groups in total. The maximum Gasteiger partial charge on any atom is 0.407 e. The van der Waals surface area contributed by atoms with Gasteiger partial charge in [-0.25, -0.2) is 14.4 Å². The number of ketones is 1. The fourth-order valence-corrected chi connectivity index (χ4v) is 7.04. The first kappa shape index (κ1) is 62.1. The van der Waals surface area contributed by atoms with Gasteiger partial charge in [0.2, 0.25) is 17.7 Å². The van der Waals surface area contributed by atoms with Crippen molar-refractivity contribution < 1.29 is 43.0 Å². The summed E-state index contributed by atoms with van der Waals surface area (Å²) in [5.74, 6) is -2.77. The lowest BCUT2D eigenvalue weighted by molar-refractivity contribution is -0.163. The SMILES string of the molecule is CCCCC[C@H](NC(=O)C(CCCCNC(=O)OC(C)(C)C)NC(=O)CCCCCCCNC(=O)CCC(NC(=O)NC(CCC(C)(C)C)C(C)(C)C)C(C)(C)C)C(=O)C(=O)OC(C)(C)C. The number of urea groups is 1. The third-order valence-electron chi connectivity index (χ3n) is 11.0. The van der Waals surface area contributed by atoms with Crippen LogP contribution in [0.4, 0.5) is 9.59 Å². The van der Waals surface area contributed by atoms with Crippen molar-refractivity contribution in [3.63, 3.8) is 0 Å². The van der Waals surface area contributed by atoms with Crippen LogP contribution in [0.3, 0.4) is 0 Å². The first-order valence-corrected chi connectivity index (χ1v) is 24.9. The number of amides is 6. The highest BCUT2D eigenvalue weighted by atomic mass is 16.6. The van der Waals surface area contributed by atoms with E-state index >= 15 is 0 Å². The second kappa shape index (κ2) is 29.8. The van der Waals surface area contributed by atoms with E-state index in [9.17, 15) is 33.6 Å². The van der Waals surface area contributed by atoms with E-state index in [1.807, 2.05) is 6.92 Å². The lowest BCUT2D eigenvalue weighted by atomic mass is 9.79. The Labute approximate surface area is 400 Å². The van der Waals surface area contributed by atoms with Crippen molar-refractivity contribution >= 4 is 41.6 Å². The molecule has 0 saturated carbocycles. The minimum absolute atomic E-state index is 0.0128. The lowest BCUT2D eigenvalue weighted by Gasteiger charge is -2.36. The van der Waals surface area contributed by atoms with E-state index < -0.39 is 47.0 Å². The van der Waals surface area contributed by atoms with Gasteiger partial charge >= 0.3 is 18.1 Å². The number of carbonyl (C=O) groups is 7. The molecule has 0 heterocycles. The normalized spacial score (nSPS) is 14.2. The van der Waals surface area contributed by atoms with E-state index in [1.54, 1.807) is 41.5 Å². The Hall–Kier alpha value is -3.91. The van der Waals surface area contributed by atoms with Crippen molar-refractivity contribution in [2.45, 2.75) is 255 Å². The molecule has 66 heavy (non-hydrogen) atoms. The molecule has 15 nitrogen and oxygen atoms in total. The second-order valence-electron chi connectivity index (χ2n) is 23.4. The Bertz CT molecular complexity index is 1500. The Morgan fingerprint density at radius 2 is 0.970 bits per heavy atom. The number of unbranched alkanes of at least 4 members (excludes halogenated alkanes) is 7. The van der Waals surface area contributed by atoms with Crippen LogP contribution in [0, 0.1) is 16.2 Å². The molecule has 384 valence electrons. The van der Waals surface area contributed by atoms with Gasteiger partial charge in [0.05, 0.1) is 6.04 Å². The summed E-state index contributed by atoms with van der Waals surface area (Å²) in [7, 11) is 0. The zero-order valence-electron chi connectivity index (χ0n) is 44.4. The largest absolute Gasteiger partial charge is 0.454 e. The fraction of sp³-hybridized carbons (Fsp3) is 0.863. The zero-order valence-corrected chi connectivity index (χ0v) is 44.4. The van der Waals surface area contributed by atoms with E-state index in [4.69, 9.17) is 9.47 Å². The first-order chi connectivity index (χ1) is 30.2. The van der Waals surface area contributed by atoms with Gasteiger partial charge in [-0.15, -0.1) is 0 Å². The molecule has 0 rings (SSSR count). The number of alkyl carbamates (subject to hydrolysis) is 1. The monoisotopic (exact) mass is 937 g/mol. The molecule has 0 radical (unpaired) electrons. The number of Topliss-reactive ketones (excluding diaryl/α,β-unsaturated/α-hetero) is 1. The van der Waals surface area contributed by atoms with Crippen LogP contribution >= 0.6 is 0 Å². The van der Waals surface area contributed by atoms with E-state index in [0.717, 1.165) is 51.4 Å². The highest BCUT2D eigenvalue weighted by Gasteiger charge is 2.34. The smallest absolute Gasteiger partial charge is 0.407 e. The van der Waals surface area contributed by atoms with E-state index in [1.165, 1.54) is 0 Å². The van der Waals surface area contributed by atoms with Gasteiger partial charge in [-0.2, -0.15) is 0 Å². The maximum absolute atomic E-state index is 13.7. The standard InChI is InChI=1S/C51H96N6O9/c1-17-18-22-27-36(42(60)44(62)65-50(11,12)13)55-43(61)37(28-24-26-35-53-46(64)66-51(14,15)16)54-41(59)29-23-20-19-21-25-34-52-40(58)31-30-38(48(5,6)7)56-45(63)57-39(49(8,9)10)32-33-47(2,3)4/h36-39H,17-35H2,1-16H3,(H,52,58)(H,53,64)(H,54,59)(H,55,61)(H2,56,57,63)/t36-,37?,38?,39?/m0/s1. The molecule has 15 heteroatoms. The summed E-state index contributed by atoms with van der Waals surface area (Å²) in [5.41, 5.74) is -1.70. The molecule has 0 aliphatic rings. The summed E-state index contributed by atoms with van der Waals surface area (Å²) in [6.45, 7) is 32.4. The zero-order chi connectivity index (χ0) is 50.9. The number of nitrogens with one attached hydrogen (secondary N) is 6. The quantitative estimate of drug-likeness (QED) is 0.0239. The van der Waals surface area contributed by atoms with Crippen LogP contribution in [-0.2, 0) is 33.4 Å². The molecule has 0 aromatic heterocycles. The minimum atomic E-state index is -1.09. The van der Waals surface area contributed by atoms with E-state index in [2.05, 4.69) is 94.2 Å². The molecule has 4 atom stereocenters. The molecule has 0 spiro atoms. The van der Waals surface area contributed by atoms with Gasteiger partial charge in [-0.05, 0) is 116 Å². The van der Waals surface area contributed by atoms with E-state index in [0.29, 0.717) is 51.6 Å². The van der Waals surface area contributed by atoms with Crippen molar-refractivity contribution in [1.82, 2.24) is 31.9 Å². The van der Waals surface area contributed by atoms with Gasteiger partial charge < -0.3 is 41.4 Å². The fourth-order valence-electron chi connectivity index (χ4n) is 7.04. The van der Waals surface area contributed by atoms with Gasteiger partial charge in [-0.1, -0.05) is 108 Å². The van der Waals surface area contributed by atoms with Crippen molar-refractivity contribution in [2.24, 2.45) is 16.2 Å². The maximum atomic E-state index is 13.7. The molecule has 0 aromatic carbocycles. The second-order valence-corrected chi connectivity index (χ2v) is 23.4. The summed E-state index contributed by atoms with van der Waals surface area (Å²) >= 11 is 0. The molecule has 6 amide bonds. The van der Waals surface area contributed by atoms with Crippen molar-refractivity contribution in [1.29, 1.82) is 0 Å². The Kier molecular flexibility index (Phi) is 28.0. The highest BCUT2D eigenvalue weighted by molar-refractivity contribution is 6.36. The van der Waals surface area contributed by atoms with Crippen LogP contribution in [0.15, 0.2) is 0 Å². The summed E-state index contributed by atoms with van der Waals surface area (Å²) < 4.78 is 10.6. The third kappa shape index (κ3) is 31.9. The number of hydrogen-bond donors (Lipinski definition) is 6. The summed E-state index contributed by atoms with van der Waals surface area (Å²) in [6, 6.07) is -2.44. The first-order valence-electron chi connectivity index (χ1n) is 24.9. The van der Waals surface area contributed by atoms with Crippen molar-refractivity contribution in [2.75, 3.05) is 13.1 Å². The number of ether oxygens (including phenoxy) is 2. The van der Waals surface area contributed by atoms with Gasteiger partial charge in [0.1, 0.15) is 17.2 Å². The number of rotatable bonds is 29. The van der Waals surface area contributed by atoms with Crippen LogP contribution in [0.25, 0.3) is 0 Å². The number of carbonyl (C=O) groups excluding carboxylic acids is 7. The van der Waals surface area contributed by atoms with Crippen LogP contribution in [-0.4, -0.2) is 90.1 Å². The molecule has 0 aliphatic carbocycles. The Balaban J connectivity index is 5.17. The van der Waals surface area contributed by atoms with Crippen LogP contribution in [0.5, 0.6) is 0 Å². The molecule has 0 saturated heterocycles. The van der Waals surface area contributed by atoms with Gasteiger partial charge in [0, 0.05) is 38.0 Å². The molecule has 3 unspecified atom stereocenters. The summed E-state index contributed by atoms with van der Waals surface area (Å²) in [5, 5.41) is 17.7. The predicted octanol–water partition coefficient (Wildman–Crippen LogP) is 9.33. The van der Waals surface area contributed by atoms with Crippen LogP contribution in [0.2, 0.25) is 0 Å². The topological polar surface area (TPSA) is 210 Å². The lowest BCUT2D eigenvalue weighted by Crippen LogP contribution is -2.53. The molecular weight excluding hydrogens is 841 g/mol. The Morgan fingerprint density at radius 3 is 1.52 bits per heavy atom. The molecule has 0 aromatic rings. The molecule has 0 fully saturated rings. The summed E-state index contributed by atoms with van der Waals surface area (Å²) in [6.07, 6.45) is 10.0. The van der Waals surface area contributed by atoms with Crippen LogP contribution in [0.1, 0.15) is 220 Å². The Morgan fingerprint density at radius 1 is 0.470 bits per heavy atom. The molecule has 0 aliphatic heterocycles. The number of esters is 1. The molecule has 0 bridgehead atoms.